The molecule has 0 spiro atoms. The summed E-state index contributed by atoms with van der Waals surface area (Å²) in [5, 5.41) is 3.12. The summed E-state index contributed by atoms with van der Waals surface area (Å²) in [6, 6.07) is 17.0. The Bertz CT molecular complexity index is 1260. The molecule has 1 aromatic heterocycles. The number of hydrogen-bond acceptors (Lipinski definition) is 8. The standard InChI is InChI=1S/C25H27N3O6S/c1-2-33-21-10-8-20(9-11-21)27-24-23(7-4-12-26-24)25(29)34-18-19-5-3-6-22(17-19)35(30,31)28-13-15-32-16-14-28/h3-12,17H,2,13-16,18H2,1H3,(H,26,27). The van der Waals surface area contributed by atoms with Gasteiger partial charge in [0.05, 0.1) is 24.7 Å². The van der Waals surface area contributed by atoms with Crippen LogP contribution in [0.5, 0.6) is 5.75 Å². The van der Waals surface area contributed by atoms with Crippen LogP contribution >= 0.6 is 0 Å². The molecule has 0 saturated carbocycles. The molecule has 0 bridgehead atoms. The number of ether oxygens (including phenoxy) is 3. The van der Waals surface area contributed by atoms with Crippen LogP contribution in [0, 0.1) is 0 Å². The number of anilines is 2. The van der Waals surface area contributed by atoms with E-state index in [0.717, 1.165) is 11.4 Å². The zero-order valence-corrected chi connectivity index (χ0v) is 20.2. The Kier molecular flexibility index (Phi) is 7.96. The summed E-state index contributed by atoms with van der Waals surface area (Å²) in [4.78, 5) is 17.3. The van der Waals surface area contributed by atoms with E-state index in [2.05, 4.69) is 10.3 Å². The average molecular weight is 498 g/mol. The topological polar surface area (TPSA) is 107 Å². The van der Waals surface area contributed by atoms with Crippen LogP contribution in [0.1, 0.15) is 22.8 Å². The van der Waals surface area contributed by atoms with Crippen LogP contribution in [-0.2, 0) is 26.1 Å². The van der Waals surface area contributed by atoms with Gasteiger partial charge in [-0.2, -0.15) is 4.31 Å². The highest BCUT2D eigenvalue weighted by atomic mass is 32.2. The van der Waals surface area contributed by atoms with E-state index in [1.165, 1.54) is 16.4 Å². The number of pyridine rings is 1. The van der Waals surface area contributed by atoms with Gasteiger partial charge >= 0.3 is 5.97 Å². The van der Waals surface area contributed by atoms with Crippen molar-refractivity contribution in [2.45, 2.75) is 18.4 Å². The number of esters is 1. The summed E-state index contributed by atoms with van der Waals surface area (Å²) in [5.41, 5.74) is 1.57. The molecule has 9 nitrogen and oxygen atoms in total. The van der Waals surface area contributed by atoms with Crippen molar-refractivity contribution in [3.63, 3.8) is 0 Å². The molecule has 1 aliphatic rings. The molecule has 1 aliphatic heterocycles. The van der Waals surface area contributed by atoms with Gasteiger partial charge < -0.3 is 19.5 Å². The van der Waals surface area contributed by atoms with Gasteiger partial charge in [0.1, 0.15) is 23.7 Å². The second kappa shape index (κ2) is 11.3. The predicted molar refractivity (Wildman–Crippen MR) is 130 cm³/mol. The molecule has 0 unspecified atom stereocenters. The molecule has 3 aromatic rings. The second-order valence-corrected chi connectivity index (χ2v) is 9.66. The minimum Gasteiger partial charge on any atom is -0.494 e. The summed E-state index contributed by atoms with van der Waals surface area (Å²) in [5.74, 6) is 0.523. The Hall–Kier alpha value is -3.47. The zero-order valence-electron chi connectivity index (χ0n) is 19.3. The molecule has 0 amide bonds. The number of carbonyl (C=O) groups excluding carboxylic acids is 1. The maximum atomic E-state index is 12.9. The van der Waals surface area contributed by atoms with Crippen molar-refractivity contribution in [2.24, 2.45) is 0 Å². The van der Waals surface area contributed by atoms with E-state index in [-0.39, 0.29) is 17.1 Å². The van der Waals surface area contributed by atoms with E-state index in [0.29, 0.717) is 44.3 Å². The number of carbonyl (C=O) groups is 1. The molecule has 184 valence electrons. The molecule has 0 aliphatic carbocycles. The molecular weight excluding hydrogens is 470 g/mol. The van der Waals surface area contributed by atoms with Crippen molar-refractivity contribution in [1.82, 2.24) is 9.29 Å². The lowest BCUT2D eigenvalue weighted by Gasteiger charge is -2.26. The Labute approximate surface area is 204 Å². The molecule has 35 heavy (non-hydrogen) atoms. The molecule has 2 aromatic carbocycles. The third-order valence-corrected chi connectivity index (χ3v) is 7.23. The van der Waals surface area contributed by atoms with Gasteiger partial charge in [-0.25, -0.2) is 18.2 Å². The van der Waals surface area contributed by atoms with E-state index in [9.17, 15) is 13.2 Å². The molecule has 1 fully saturated rings. The fraction of sp³-hybridized carbons (Fsp3) is 0.280. The van der Waals surface area contributed by atoms with Crippen LogP contribution in [0.25, 0.3) is 0 Å². The Morgan fingerprint density at radius 1 is 1.09 bits per heavy atom. The Morgan fingerprint density at radius 3 is 2.60 bits per heavy atom. The molecule has 1 saturated heterocycles. The number of morpholine rings is 1. The monoisotopic (exact) mass is 497 g/mol. The third kappa shape index (κ3) is 6.16. The maximum absolute atomic E-state index is 12.9. The number of rotatable bonds is 9. The lowest BCUT2D eigenvalue weighted by atomic mass is 10.2. The number of nitrogens with zero attached hydrogens (tertiary/aromatic N) is 2. The minimum absolute atomic E-state index is 0.0807. The quantitative estimate of drug-likeness (QED) is 0.447. The Balaban J connectivity index is 1.43. The molecule has 1 N–H and O–H groups in total. The van der Waals surface area contributed by atoms with Crippen molar-refractivity contribution in [3.8, 4) is 5.75 Å². The lowest BCUT2D eigenvalue weighted by molar-refractivity contribution is 0.0473. The number of sulfonamides is 1. The van der Waals surface area contributed by atoms with Crippen LogP contribution in [-0.4, -0.2) is 56.6 Å². The van der Waals surface area contributed by atoms with Gasteiger partial charge in [0.2, 0.25) is 10.0 Å². The van der Waals surface area contributed by atoms with Gasteiger partial charge in [-0.15, -0.1) is 0 Å². The summed E-state index contributed by atoms with van der Waals surface area (Å²) in [7, 11) is -3.64. The third-order valence-electron chi connectivity index (χ3n) is 5.33. The van der Waals surface area contributed by atoms with Crippen LogP contribution in [0.2, 0.25) is 0 Å². The first kappa shape index (κ1) is 24.6. The van der Waals surface area contributed by atoms with E-state index in [1.807, 2.05) is 31.2 Å². The zero-order chi connectivity index (χ0) is 24.7. The molecule has 0 radical (unpaired) electrons. The van der Waals surface area contributed by atoms with Crippen molar-refractivity contribution in [1.29, 1.82) is 0 Å². The van der Waals surface area contributed by atoms with Crippen molar-refractivity contribution in [2.75, 3.05) is 38.2 Å². The fourth-order valence-corrected chi connectivity index (χ4v) is 5.04. The first-order valence-corrected chi connectivity index (χ1v) is 12.7. The van der Waals surface area contributed by atoms with Crippen molar-refractivity contribution in [3.05, 3.63) is 78.0 Å². The van der Waals surface area contributed by atoms with Gasteiger partial charge in [0.25, 0.3) is 0 Å². The molecule has 2 heterocycles. The van der Waals surface area contributed by atoms with Gasteiger partial charge in [-0.1, -0.05) is 12.1 Å². The summed E-state index contributed by atoms with van der Waals surface area (Å²) in [6.45, 7) is 3.77. The van der Waals surface area contributed by atoms with Gasteiger partial charge in [0.15, 0.2) is 0 Å². The highest BCUT2D eigenvalue weighted by Crippen LogP contribution is 2.23. The SMILES string of the molecule is CCOc1ccc(Nc2ncccc2C(=O)OCc2cccc(S(=O)(=O)N3CCOCC3)c2)cc1. The number of benzene rings is 2. The van der Waals surface area contributed by atoms with Crippen LogP contribution in [0.15, 0.2) is 71.8 Å². The van der Waals surface area contributed by atoms with Crippen molar-refractivity contribution >= 4 is 27.5 Å². The Morgan fingerprint density at radius 2 is 1.86 bits per heavy atom. The highest BCUT2D eigenvalue weighted by Gasteiger charge is 2.26. The lowest BCUT2D eigenvalue weighted by Crippen LogP contribution is -2.40. The smallest absolute Gasteiger partial charge is 0.342 e. The number of hydrogen-bond donors (Lipinski definition) is 1. The van der Waals surface area contributed by atoms with E-state index >= 15 is 0 Å². The van der Waals surface area contributed by atoms with E-state index in [4.69, 9.17) is 14.2 Å². The second-order valence-electron chi connectivity index (χ2n) is 7.72. The largest absolute Gasteiger partial charge is 0.494 e. The summed E-state index contributed by atoms with van der Waals surface area (Å²) in [6.07, 6.45) is 1.58. The van der Waals surface area contributed by atoms with Gasteiger partial charge in [0, 0.05) is 25.0 Å². The van der Waals surface area contributed by atoms with E-state index < -0.39 is 16.0 Å². The van der Waals surface area contributed by atoms with Crippen LogP contribution < -0.4 is 10.1 Å². The summed E-state index contributed by atoms with van der Waals surface area (Å²) < 4.78 is 43.4. The minimum atomic E-state index is -3.64. The fourth-order valence-electron chi connectivity index (χ4n) is 3.57. The van der Waals surface area contributed by atoms with Gasteiger partial charge in [-0.05, 0) is 61.0 Å². The maximum Gasteiger partial charge on any atom is 0.342 e. The van der Waals surface area contributed by atoms with Crippen molar-refractivity contribution < 1.29 is 27.4 Å². The number of nitrogens with one attached hydrogen (secondary N) is 1. The van der Waals surface area contributed by atoms with Gasteiger partial charge in [-0.3, -0.25) is 0 Å². The van der Waals surface area contributed by atoms with Crippen LogP contribution in [0.3, 0.4) is 0 Å². The highest BCUT2D eigenvalue weighted by molar-refractivity contribution is 7.89. The van der Waals surface area contributed by atoms with Crippen LogP contribution in [0.4, 0.5) is 11.5 Å². The first-order valence-electron chi connectivity index (χ1n) is 11.3. The molecular formula is C25H27N3O6S. The number of aromatic nitrogens is 1. The normalized spacial score (nSPS) is 14.3. The molecule has 4 rings (SSSR count). The molecule has 10 heteroatoms. The summed E-state index contributed by atoms with van der Waals surface area (Å²) >= 11 is 0. The van der Waals surface area contributed by atoms with E-state index in [1.54, 1.807) is 30.5 Å². The average Bonchev–Trinajstić information content (AvgIpc) is 2.89. The molecule has 0 atom stereocenters. The first-order chi connectivity index (χ1) is 17.0. The predicted octanol–water partition coefficient (Wildman–Crippen LogP) is 3.60.